The van der Waals surface area contributed by atoms with Crippen molar-refractivity contribution in [1.29, 1.82) is 0 Å². The number of piperidine rings is 1. The zero-order valence-electron chi connectivity index (χ0n) is 10.2. The minimum Gasteiger partial charge on any atom is -0.367 e. The van der Waals surface area contributed by atoms with E-state index in [2.05, 4.69) is 10.3 Å². The lowest BCUT2D eigenvalue weighted by atomic mass is 9.97. The van der Waals surface area contributed by atoms with Gasteiger partial charge < -0.3 is 20.9 Å². The third-order valence-corrected chi connectivity index (χ3v) is 3.23. The Bertz CT molecular complexity index is 416. The quantitative estimate of drug-likeness (QED) is 0.725. The standard InChI is InChI=1S/C12H18N4O2/c13-12(18)16-5-1-2-10(8-16)11(17)15-7-9-3-4-14-6-9/h3-4,6,10,14H,1-2,5,7-8H2,(H2,13,18)(H,15,17). The molecule has 3 amide bonds. The minimum atomic E-state index is -0.446. The van der Waals surface area contributed by atoms with Gasteiger partial charge in [0.1, 0.15) is 0 Å². The number of hydrogen-bond donors (Lipinski definition) is 3. The van der Waals surface area contributed by atoms with Crippen molar-refractivity contribution in [2.24, 2.45) is 11.7 Å². The van der Waals surface area contributed by atoms with Gasteiger partial charge in [-0.1, -0.05) is 0 Å². The number of nitrogens with two attached hydrogens (primary N) is 1. The Hall–Kier alpha value is -1.98. The summed E-state index contributed by atoms with van der Waals surface area (Å²) in [5.41, 5.74) is 6.27. The number of nitrogens with zero attached hydrogens (tertiary/aromatic N) is 1. The topological polar surface area (TPSA) is 91.2 Å². The molecule has 0 radical (unpaired) electrons. The largest absolute Gasteiger partial charge is 0.367 e. The van der Waals surface area contributed by atoms with Crippen LogP contribution in [0.1, 0.15) is 18.4 Å². The van der Waals surface area contributed by atoms with Crippen molar-refractivity contribution >= 4 is 11.9 Å². The normalized spacial score (nSPS) is 19.6. The van der Waals surface area contributed by atoms with Gasteiger partial charge in [0.15, 0.2) is 0 Å². The van der Waals surface area contributed by atoms with Gasteiger partial charge in [-0.15, -0.1) is 0 Å². The lowest BCUT2D eigenvalue weighted by molar-refractivity contribution is -0.126. The molecule has 98 valence electrons. The summed E-state index contributed by atoms with van der Waals surface area (Å²) in [6.07, 6.45) is 5.29. The molecule has 1 aromatic rings. The van der Waals surface area contributed by atoms with Crippen molar-refractivity contribution in [2.75, 3.05) is 13.1 Å². The van der Waals surface area contributed by atoms with Gasteiger partial charge in [0, 0.05) is 32.0 Å². The van der Waals surface area contributed by atoms with Crippen LogP contribution in [0.2, 0.25) is 0 Å². The molecule has 1 saturated heterocycles. The Morgan fingerprint density at radius 3 is 3.06 bits per heavy atom. The number of carbonyl (C=O) groups is 2. The molecule has 0 spiro atoms. The monoisotopic (exact) mass is 250 g/mol. The van der Waals surface area contributed by atoms with E-state index in [-0.39, 0.29) is 11.8 Å². The highest BCUT2D eigenvalue weighted by molar-refractivity contribution is 5.80. The summed E-state index contributed by atoms with van der Waals surface area (Å²) in [6, 6.07) is 1.47. The number of hydrogen-bond acceptors (Lipinski definition) is 2. The van der Waals surface area contributed by atoms with Crippen molar-refractivity contribution in [3.05, 3.63) is 24.0 Å². The first kappa shape index (κ1) is 12.5. The van der Waals surface area contributed by atoms with Crippen LogP contribution in [0.3, 0.4) is 0 Å². The highest BCUT2D eigenvalue weighted by atomic mass is 16.2. The second-order valence-electron chi connectivity index (χ2n) is 4.56. The number of aromatic nitrogens is 1. The lowest BCUT2D eigenvalue weighted by Gasteiger charge is -2.30. The van der Waals surface area contributed by atoms with Gasteiger partial charge in [-0.05, 0) is 24.5 Å². The second kappa shape index (κ2) is 5.57. The molecular formula is C12H18N4O2. The summed E-state index contributed by atoms with van der Waals surface area (Å²) in [6.45, 7) is 1.58. The molecule has 1 aliphatic heterocycles. The molecule has 1 aliphatic rings. The fourth-order valence-corrected chi connectivity index (χ4v) is 2.19. The van der Waals surface area contributed by atoms with E-state index in [4.69, 9.17) is 5.73 Å². The molecule has 1 fully saturated rings. The first-order valence-corrected chi connectivity index (χ1v) is 6.10. The summed E-state index contributed by atoms with van der Waals surface area (Å²) in [5.74, 6) is -0.160. The van der Waals surface area contributed by atoms with Crippen LogP contribution in [-0.4, -0.2) is 34.9 Å². The van der Waals surface area contributed by atoms with E-state index in [0.29, 0.717) is 19.6 Å². The number of nitrogens with one attached hydrogen (secondary N) is 2. The SMILES string of the molecule is NC(=O)N1CCCC(C(=O)NCc2cc[nH]c2)C1. The van der Waals surface area contributed by atoms with Crippen LogP contribution in [0.5, 0.6) is 0 Å². The number of aromatic amines is 1. The number of amides is 3. The van der Waals surface area contributed by atoms with Crippen LogP contribution in [0.15, 0.2) is 18.5 Å². The molecule has 1 atom stereocenters. The summed E-state index contributed by atoms with van der Waals surface area (Å²) in [7, 11) is 0. The first-order valence-electron chi connectivity index (χ1n) is 6.10. The molecule has 2 rings (SSSR count). The number of H-pyrrole nitrogens is 1. The molecule has 18 heavy (non-hydrogen) atoms. The molecule has 6 nitrogen and oxygen atoms in total. The van der Waals surface area contributed by atoms with Gasteiger partial charge in [0.2, 0.25) is 5.91 Å². The number of rotatable bonds is 3. The summed E-state index contributed by atoms with van der Waals surface area (Å²) in [4.78, 5) is 27.5. The van der Waals surface area contributed by atoms with Gasteiger partial charge in [-0.3, -0.25) is 4.79 Å². The third kappa shape index (κ3) is 3.03. The van der Waals surface area contributed by atoms with Gasteiger partial charge in [-0.25, -0.2) is 4.79 Å². The van der Waals surface area contributed by atoms with Crippen LogP contribution in [-0.2, 0) is 11.3 Å². The highest BCUT2D eigenvalue weighted by Gasteiger charge is 2.27. The van der Waals surface area contributed by atoms with Crippen molar-refractivity contribution in [3.8, 4) is 0 Å². The maximum Gasteiger partial charge on any atom is 0.314 e. The molecule has 6 heteroatoms. The Morgan fingerprint density at radius 1 is 1.56 bits per heavy atom. The lowest BCUT2D eigenvalue weighted by Crippen LogP contribution is -2.47. The van der Waals surface area contributed by atoms with E-state index in [1.807, 2.05) is 18.5 Å². The number of urea groups is 1. The summed E-state index contributed by atoms with van der Waals surface area (Å²) >= 11 is 0. The number of likely N-dealkylation sites (tertiary alicyclic amines) is 1. The minimum absolute atomic E-state index is 0.0119. The highest BCUT2D eigenvalue weighted by Crippen LogP contribution is 2.16. The molecule has 0 aliphatic carbocycles. The summed E-state index contributed by atoms with van der Waals surface area (Å²) in [5, 5.41) is 2.88. The van der Waals surface area contributed by atoms with Gasteiger partial charge in [-0.2, -0.15) is 0 Å². The molecular weight excluding hydrogens is 232 g/mol. The van der Waals surface area contributed by atoms with E-state index >= 15 is 0 Å². The molecule has 1 unspecified atom stereocenters. The number of primary amides is 1. The Morgan fingerprint density at radius 2 is 2.39 bits per heavy atom. The maximum atomic E-state index is 12.0. The second-order valence-corrected chi connectivity index (χ2v) is 4.56. The van der Waals surface area contributed by atoms with Crippen LogP contribution < -0.4 is 11.1 Å². The average molecular weight is 250 g/mol. The van der Waals surface area contributed by atoms with E-state index in [0.717, 1.165) is 18.4 Å². The van der Waals surface area contributed by atoms with Crippen molar-refractivity contribution < 1.29 is 9.59 Å². The Kier molecular flexibility index (Phi) is 3.86. The van der Waals surface area contributed by atoms with Crippen molar-refractivity contribution in [1.82, 2.24) is 15.2 Å². The average Bonchev–Trinajstić information content (AvgIpc) is 2.89. The molecule has 4 N–H and O–H groups in total. The van der Waals surface area contributed by atoms with Crippen LogP contribution in [0, 0.1) is 5.92 Å². The van der Waals surface area contributed by atoms with Crippen LogP contribution in [0.4, 0.5) is 4.79 Å². The Labute approximate surface area is 106 Å². The molecule has 0 aromatic carbocycles. The Balaban J connectivity index is 1.83. The maximum absolute atomic E-state index is 12.0. The fraction of sp³-hybridized carbons (Fsp3) is 0.500. The van der Waals surface area contributed by atoms with Crippen LogP contribution in [0.25, 0.3) is 0 Å². The molecule has 1 aromatic heterocycles. The third-order valence-electron chi connectivity index (χ3n) is 3.23. The fourth-order valence-electron chi connectivity index (χ4n) is 2.19. The van der Waals surface area contributed by atoms with Crippen molar-refractivity contribution in [2.45, 2.75) is 19.4 Å². The van der Waals surface area contributed by atoms with Gasteiger partial charge in [0.05, 0.1) is 5.92 Å². The predicted octanol–water partition coefficient (Wildman–Crippen LogP) is 0.422. The zero-order valence-corrected chi connectivity index (χ0v) is 10.2. The molecule has 0 bridgehead atoms. The van der Waals surface area contributed by atoms with Gasteiger partial charge in [0.25, 0.3) is 0 Å². The first-order chi connectivity index (χ1) is 8.66. The van der Waals surface area contributed by atoms with Crippen molar-refractivity contribution in [3.63, 3.8) is 0 Å². The van der Waals surface area contributed by atoms with E-state index in [9.17, 15) is 9.59 Å². The predicted molar refractivity (Wildman–Crippen MR) is 66.5 cm³/mol. The smallest absolute Gasteiger partial charge is 0.314 e. The number of carbonyl (C=O) groups excluding carboxylic acids is 2. The molecule has 2 heterocycles. The van der Waals surface area contributed by atoms with E-state index < -0.39 is 6.03 Å². The zero-order chi connectivity index (χ0) is 13.0. The van der Waals surface area contributed by atoms with E-state index in [1.54, 1.807) is 0 Å². The van der Waals surface area contributed by atoms with Gasteiger partial charge >= 0.3 is 6.03 Å². The molecule has 0 saturated carbocycles. The van der Waals surface area contributed by atoms with Crippen LogP contribution >= 0.6 is 0 Å². The summed E-state index contributed by atoms with van der Waals surface area (Å²) < 4.78 is 0. The van der Waals surface area contributed by atoms with E-state index in [1.165, 1.54) is 4.90 Å².